The molecule has 21 heavy (non-hydrogen) atoms. The van der Waals surface area contributed by atoms with Crippen molar-refractivity contribution in [2.24, 2.45) is 0 Å². The summed E-state index contributed by atoms with van der Waals surface area (Å²) in [6.07, 6.45) is 5.08. The van der Waals surface area contributed by atoms with Crippen LogP contribution in [0, 0.1) is 13.8 Å². The van der Waals surface area contributed by atoms with Gasteiger partial charge in [0.25, 0.3) is 0 Å². The van der Waals surface area contributed by atoms with E-state index in [1.54, 1.807) is 11.3 Å². The van der Waals surface area contributed by atoms with Gasteiger partial charge in [-0.1, -0.05) is 0 Å². The van der Waals surface area contributed by atoms with Gasteiger partial charge < -0.3 is 9.64 Å². The number of ether oxygens (including phenoxy) is 1. The van der Waals surface area contributed by atoms with Crippen molar-refractivity contribution in [1.29, 1.82) is 0 Å². The molecule has 1 aromatic heterocycles. The Morgan fingerprint density at radius 1 is 1.38 bits per heavy atom. The number of piperidine rings is 1. The molecule has 1 aromatic rings. The van der Waals surface area contributed by atoms with Crippen LogP contribution in [0.25, 0.3) is 0 Å². The van der Waals surface area contributed by atoms with E-state index < -0.39 is 0 Å². The molecule has 0 spiro atoms. The number of nitrogens with zero attached hydrogens (tertiary/aromatic N) is 2. The number of likely N-dealkylation sites (tertiary alicyclic amines) is 1. The molecule has 116 valence electrons. The lowest BCUT2D eigenvalue weighted by atomic mass is 9.98. The van der Waals surface area contributed by atoms with Gasteiger partial charge in [0.1, 0.15) is 0 Å². The van der Waals surface area contributed by atoms with E-state index in [4.69, 9.17) is 4.74 Å². The van der Waals surface area contributed by atoms with Crippen LogP contribution in [0.3, 0.4) is 0 Å². The smallest absolute Gasteiger partial charge is 0.225 e. The number of hydrogen-bond donors (Lipinski definition) is 0. The van der Waals surface area contributed by atoms with Crippen LogP contribution in [0.15, 0.2) is 0 Å². The lowest BCUT2D eigenvalue weighted by Gasteiger charge is -2.32. The molecule has 0 bridgehead atoms. The van der Waals surface area contributed by atoms with E-state index in [2.05, 4.69) is 18.8 Å². The van der Waals surface area contributed by atoms with Crippen molar-refractivity contribution in [3.8, 4) is 0 Å². The maximum Gasteiger partial charge on any atom is 0.225 e. The van der Waals surface area contributed by atoms with E-state index in [0.29, 0.717) is 12.3 Å². The zero-order chi connectivity index (χ0) is 14.8. The SMILES string of the molecule is Cc1nc([C@H]2CCCN(C(=O)C[C@@H]3CCCO3)C2)sc1C. The van der Waals surface area contributed by atoms with Gasteiger partial charge in [0.15, 0.2) is 0 Å². The van der Waals surface area contributed by atoms with Gasteiger partial charge in [-0.15, -0.1) is 11.3 Å². The maximum absolute atomic E-state index is 12.4. The Morgan fingerprint density at radius 2 is 2.24 bits per heavy atom. The van der Waals surface area contributed by atoms with Crippen LogP contribution in [0.2, 0.25) is 0 Å². The van der Waals surface area contributed by atoms with Crippen LogP contribution in [0.4, 0.5) is 0 Å². The molecule has 5 heteroatoms. The highest BCUT2D eigenvalue weighted by Crippen LogP contribution is 2.31. The predicted octanol–water partition coefficient (Wildman–Crippen LogP) is 3.04. The number of hydrogen-bond acceptors (Lipinski definition) is 4. The number of thiazole rings is 1. The fourth-order valence-electron chi connectivity index (χ4n) is 3.21. The standard InChI is InChI=1S/C16H24N2O2S/c1-11-12(2)21-16(17-11)13-5-3-7-18(10-13)15(19)9-14-6-4-8-20-14/h13-14H,3-10H2,1-2H3/t13-,14-/m0/s1. The molecule has 3 rings (SSSR count). The topological polar surface area (TPSA) is 42.4 Å². The first-order valence-corrected chi connectivity index (χ1v) is 8.78. The summed E-state index contributed by atoms with van der Waals surface area (Å²) in [7, 11) is 0. The summed E-state index contributed by atoms with van der Waals surface area (Å²) in [4.78, 5) is 20.4. The first-order chi connectivity index (χ1) is 10.1. The largest absolute Gasteiger partial charge is 0.378 e. The molecule has 2 atom stereocenters. The molecule has 1 amide bonds. The number of aryl methyl sites for hydroxylation is 2. The van der Waals surface area contributed by atoms with E-state index >= 15 is 0 Å². The summed E-state index contributed by atoms with van der Waals surface area (Å²) < 4.78 is 5.59. The quantitative estimate of drug-likeness (QED) is 0.862. The third kappa shape index (κ3) is 3.46. The normalized spacial score (nSPS) is 26.3. The second-order valence-electron chi connectivity index (χ2n) is 6.21. The second kappa shape index (κ2) is 6.44. The number of carbonyl (C=O) groups is 1. The highest BCUT2D eigenvalue weighted by atomic mass is 32.1. The van der Waals surface area contributed by atoms with Gasteiger partial charge in [-0.2, -0.15) is 0 Å². The van der Waals surface area contributed by atoms with Crippen LogP contribution >= 0.6 is 11.3 Å². The van der Waals surface area contributed by atoms with Crippen LogP contribution in [0.5, 0.6) is 0 Å². The maximum atomic E-state index is 12.4. The summed E-state index contributed by atoms with van der Waals surface area (Å²) in [6.45, 7) is 6.74. The first-order valence-electron chi connectivity index (χ1n) is 7.97. The van der Waals surface area contributed by atoms with Gasteiger partial charge in [0.05, 0.1) is 23.2 Å². The molecule has 4 nitrogen and oxygen atoms in total. The van der Waals surface area contributed by atoms with Crippen molar-refractivity contribution < 1.29 is 9.53 Å². The van der Waals surface area contributed by atoms with Crippen LogP contribution in [-0.2, 0) is 9.53 Å². The number of aromatic nitrogens is 1. The molecule has 0 N–H and O–H groups in total. The Hall–Kier alpha value is -0.940. The zero-order valence-corrected chi connectivity index (χ0v) is 13.7. The fraction of sp³-hybridized carbons (Fsp3) is 0.750. The number of rotatable bonds is 3. The predicted molar refractivity (Wildman–Crippen MR) is 83.7 cm³/mol. The van der Waals surface area contributed by atoms with E-state index in [0.717, 1.165) is 51.1 Å². The average molecular weight is 308 g/mol. The molecule has 2 aliphatic heterocycles. The molecular formula is C16H24N2O2S. The number of amides is 1. The first kappa shape index (κ1) is 15.0. The fourth-order valence-corrected chi connectivity index (χ4v) is 4.26. The van der Waals surface area contributed by atoms with Gasteiger partial charge in [0, 0.05) is 30.5 Å². The van der Waals surface area contributed by atoms with E-state index in [1.807, 2.05) is 4.90 Å². The van der Waals surface area contributed by atoms with Crippen molar-refractivity contribution in [2.45, 2.75) is 58.0 Å². The van der Waals surface area contributed by atoms with Gasteiger partial charge >= 0.3 is 0 Å². The Morgan fingerprint density at radius 3 is 2.90 bits per heavy atom. The molecule has 0 saturated carbocycles. The van der Waals surface area contributed by atoms with Crippen LogP contribution in [0.1, 0.15) is 53.6 Å². The van der Waals surface area contributed by atoms with Crippen molar-refractivity contribution in [3.63, 3.8) is 0 Å². The van der Waals surface area contributed by atoms with Crippen LogP contribution in [-0.4, -0.2) is 41.6 Å². The van der Waals surface area contributed by atoms with Gasteiger partial charge in [-0.3, -0.25) is 4.79 Å². The molecule has 2 aliphatic rings. The van der Waals surface area contributed by atoms with Crippen molar-refractivity contribution in [2.75, 3.05) is 19.7 Å². The highest BCUT2D eigenvalue weighted by molar-refractivity contribution is 7.11. The third-order valence-electron chi connectivity index (χ3n) is 4.59. The Kier molecular flexibility index (Phi) is 4.60. The Bertz CT molecular complexity index is 489. The van der Waals surface area contributed by atoms with Gasteiger partial charge in [-0.05, 0) is 39.5 Å². The van der Waals surface area contributed by atoms with Crippen molar-refractivity contribution in [3.05, 3.63) is 15.6 Å². The Balaban J connectivity index is 1.60. The minimum atomic E-state index is 0.155. The van der Waals surface area contributed by atoms with Gasteiger partial charge in [0.2, 0.25) is 5.91 Å². The molecule has 2 saturated heterocycles. The summed E-state index contributed by atoms with van der Waals surface area (Å²) in [5.74, 6) is 0.682. The van der Waals surface area contributed by atoms with Crippen molar-refractivity contribution in [1.82, 2.24) is 9.88 Å². The van der Waals surface area contributed by atoms with E-state index in [9.17, 15) is 4.79 Å². The average Bonchev–Trinajstić information content (AvgIpc) is 3.10. The molecule has 0 aromatic carbocycles. The summed E-state index contributed by atoms with van der Waals surface area (Å²) in [5.41, 5.74) is 1.14. The number of carbonyl (C=O) groups excluding carboxylic acids is 1. The third-order valence-corrected chi connectivity index (χ3v) is 5.83. The minimum Gasteiger partial charge on any atom is -0.378 e. The zero-order valence-electron chi connectivity index (χ0n) is 12.9. The second-order valence-corrected chi connectivity index (χ2v) is 7.45. The van der Waals surface area contributed by atoms with Gasteiger partial charge in [-0.25, -0.2) is 4.98 Å². The van der Waals surface area contributed by atoms with E-state index in [1.165, 1.54) is 9.88 Å². The van der Waals surface area contributed by atoms with E-state index in [-0.39, 0.29) is 12.0 Å². The molecule has 0 aliphatic carbocycles. The van der Waals surface area contributed by atoms with Crippen molar-refractivity contribution >= 4 is 17.2 Å². The molecular weight excluding hydrogens is 284 g/mol. The summed E-state index contributed by atoms with van der Waals surface area (Å²) in [5, 5.41) is 1.21. The molecule has 3 heterocycles. The monoisotopic (exact) mass is 308 g/mol. The molecule has 2 fully saturated rings. The molecule has 0 unspecified atom stereocenters. The minimum absolute atomic E-state index is 0.155. The van der Waals surface area contributed by atoms with Crippen LogP contribution < -0.4 is 0 Å². The summed E-state index contributed by atoms with van der Waals surface area (Å²) in [6, 6.07) is 0. The summed E-state index contributed by atoms with van der Waals surface area (Å²) >= 11 is 1.79. The lowest BCUT2D eigenvalue weighted by molar-refractivity contribution is -0.134. The lowest BCUT2D eigenvalue weighted by Crippen LogP contribution is -2.40. The Labute approximate surface area is 130 Å². The highest BCUT2D eigenvalue weighted by Gasteiger charge is 2.29. The molecule has 0 radical (unpaired) electrons.